The molecule has 0 unspecified atom stereocenters. The lowest BCUT2D eigenvalue weighted by Crippen LogP contribution is -2.08. The van der Waals surface area contributed by atoms with Gasteiger partial charge in [0.25, 0.3) is 0 Å². The van der Waals surface area contributed by atoms with E-state index in [9.17, 15) is 4.79 Å². The molecule has 0 radical (unpaired) electrons. The molecule has 0 spiro atoms. The van der Waals surface area contributed by atoms with Gasteiger partial charge in [-0.1, -0.05) is 117 Å². The van der Waals surface area contributed by atoms with Crippen molar-refractivity contribution in [3.8, 4) is 0 Å². The highest BCUT2D eigenvalue weighted by Crippen LogP contribution is 2.42. The number of hydrogen-bond donors (Lipinski definition) is 0. The number of fused-ring (bicyclic) bond motifs is 1. The molecule has 2 nitrogen and oxygen atoms in total. The maximum Gasteiger partial charge on any atom is 0.194 e. The summed E-state index contributed by atoms with van der Waals surface area (Å²) < 4.78 is 5.93. The molecule has 1 aliphatic rings. The maximum absolute atomic E-state index is 13.1. The van der Waals surface area contributed by atoms with Gasteiger partial charge in [0.05, 0.1) is 0 Å². The third kappa shape index (κ3) is 6.07. The van der Waals surface area contributed by atoms with E-state index < -0.39 is 0 Å². The Morgan fingerprint density at radius 1 is 0.629 bits per heavy atom. The van der Waals surface area contributed by atoms with E-state index in [1.54, 1.807) is 0 Å². The SMILES string of the molecule is O=C(c1ccc2ccccc2c1)[C@@H]1O[C@H]1c1ccccc1CCCCCCCCc1ccccc1. The van der Waals surface area contributed by atoms with Gasteiger partial charge in [-0.3, -0.25) is 4.79 Å². The number of ketones is 1. The Morgan fingerprint density at radius 3 is 2.11 bits per heavy atom. The van der Waals surface area contributed by atoms with Gasteiger partial charge in [-0.15, -0.1) is 0 Å². The number of rotatable bonds is 12. The molecule has 35 heavy (non-hydrogen) atoms. The second kappa shape index (κ2) is 11.5. The van der Waals surface area contributed by atoms with Crippen LogP contribution in [0.5, 0.6) is 0 Å². The first-order chi connectivity index (χ1) is 17.3. The third-order valence-electron chi connectivity index (χ3n) is 7.15. The fraction of sp³-hybridized carbons (Fsp3) is 0.303. The monoisotopic (exact) mass is 462 g/mol. The fourth-order valence-electron chi connectivity index (χ4n) is 5.09. The standard InChI is InChI=1S/C33H34O2/c34-31(29-23-22-26-17-10-11-20-28(26)24-29)33-32(35-33)30-21-13-12-19-27(30)18-9-4-2-1-3-6-14-25-15-7-5-8-16-25/h5,7-8,10-13,15-17,19-24,32-33H,1-4,6,9,14,18H2/t32-,33-/m0/s1. The molecule has 0 aliphatic carbocycles. The van der Waals surface area contributed by atoms with Crippen LogP contribution in [0.2, 0.25) is 0 Å². The molecule has 0 bridgehead atoms. The highest BCUT2D eigenvalue weighted by atomic mass is 16.6. The highest BCUT2D eigenvalue weighted by Gasteiger charge is 2.46. The number of carbonyl (C=O) groups is 1. The average molecular weight is 463 g/mol. The van der Waals surface area contributed by atoms with Gasteiger partial charge in [0.1, 0.15) is 6.10 Å². The van der Waals surface area contributed by atoms with Gasteiger partial charge in [0, 0.05) is 5.56 Å². The van der Waals surface area contributed by atoms with Crippen LogP contribution in [0.25, 0.3) is 10.8 Å². The quantitative estimate of drug-likeness (QED) is 0.120. The van der Waals surface area contributed by atoms with Crippen molar-refractivity contribution in [1.82, 2.24) is 0 Å². The minimum absolute atomic E-state index is 0.0889. The van der Waals surface area contributed by atoms with Gasteiger partial charge >= 0.3 is 0 Å². The minimum Gasteiger partial charge on any atom is -0.356 e. The second-order valence-electron chi connectivity index (χ2n) is 9.71. The topological polar surface area (TPSA) is 29.6 Å². The van der Waals surface area contributed by atoms with E-state index >= 15 is 0 Å². The molecule has 1 aliphatic heterocycles. The van der Waals surface area contributed by atoms with Crippen molar-refractivity contribution in [2.75, 3.05) is 0 Å². The van der Waals surface area contributed by atoms with Gasteiger partial charge in [0.15, 0.2) is 11.9 Å². The van der Waals surface area contributed by atoms with Gasteiger partial charge in [-0.05, 0) is 59.2 Å². The Morgan fingerprint density at radius 2 is 1.29 bits per heavy atom. The minimum atomic E-state index is -0.359. The van der Waals surface area contributed by atoms with Crippen LogP contribution >= 0.6 is 0 Å². The Balaban J connectivity index is 1.08. The lowest BCUT2D eigenvalue weighted by atomic mass is 9.95. The summed E-state index contributed by atoms with van der Waals surface area (Å²) in [7, 11) is 0. The van der Waals surface area contributed by atoms with Crippen molar-refractivity contribution in [1.29, 1.82) is 0 Å². The summed E-state index contributed by atoms with van der Waals surface area (Å²) in [6.45, 7) is 0. The molecule has 5 rings (SSSR count). The molecule has 2 heteroatoms. The Kier molecular flexibility index (Phi) is 7.70. The lowest BCUT2D eigenvalue weighted by Gasteiger charge is -2.08. The number of ether oxygens (including phenoxy) is 1. The summed E-state index contributed by atoms with van der Waals surface area (Å²) in [5, 5.41) is 2.25. The van der Waals surface area contributed by atoms with E-state index in [4.69, 9.17) is 4.74 Å². The zero-order chi connectivity index (χ0) is 23.9. The number of benzene rings is 4. The highest BCUT2D eigenvalue weighted by molar-refractivity contribution is 6.04. The van der Waals surface area contributed by atoms with Crippen LogP contribution in [0, 0.1) is 0 Å². The van der Waals surface area contributed by atoms with Crippen molar-refractivity contribution >= 4 is 16.6 Å². The van der Waals surface area contributed by atoms with Gasteiger partial charge in [0.2, 0.25) is 0 Å². The number of epoxide rings is 1. The van der Waals surface area contributed by atoms with Crippen LogP contribution in [-0.2, 0) is 17.6 Å². The molecule has 4 aromatic rings. The smallest absolute Gasteiger partial charge is 0.194 e. The van der Waals surface area contributed by atoms with Crippen molar-refractivity contribution in [2.45, 2.75) is 63.6 Å². The fourth-order valence-corrected chi connectivity index (χ4v) is 5.09. The third-order valence-corrected chi connectivity index (χ3v) is 7.15. The number of hydrogen-bond acceptors (Lipinski definition) is 2. The molecule has 1 heterocycles. The zero-order valence-corrected chi connectivity index (χ0v) is 20.4. The average Bonchev–Trinajstić information content (AvgIpc) is 3.71. The van der Waals surface area contributed by atoms with Crippen LogP contribution in [-0.4, -0.2) is 11.9 Å². The summed E-state index contributed by atoms with van der Waals surface area (Å²) in [5.74, 6) is 0.0889. The molecule has 0 saturated carbocycles. The molecule has 178 valence electrons. The Labute approximate surface area is 209 Å². The van der Waals surface area contributed by atoms with E-state index in [2.05, 4.69) is 66.7 Å². The molecule has 1 fully saturated rings. The molecule has 4 aromatic carbocycles. The second-order valence-corrected chi connectivity index (χ2v) is 9.71. The normalized spacial score (nSPS) is 16.9. The van der Waals surface area contributed by atoms with Crippen molar-refractivity contribution in [3.05, 3.63) is 119 Å². The maximum atomic E-state index is 13.1. The van der Waals surface area contributed by atoms with Crippen molar-refractivity contribution in [3.63, 3.8) is 0 Å². The molecule has 0 amide bonds. The Bertz CT molecular complexity index is 1260. The van der Waals surface area contributed by atoms with Crippen LogP contribution in [0.3, 0.4) is 0 Å². The summed E-state index contributed by atoms with van der Waals surface area (Å²) in [5.41, 5.74) is 4.70. The summed E-state index contributed by atoms with van der Waals surface area (Å²) >= 11 is 0. The van der Waals surface area contributed by atoms with Gasteiger partial charge < -0.3 is 4.74 Å². The van der Waals surface area contributed by atoms with Crippen molar-refractivity contribution in [2.24, 2.45) is 0 Å². The number of Topliss-reactive ketones (excluding diaryl/α,β-unsaturated/α-hetero) is 1. The van der Waals surface area contributed by atoms with E-state index in [0.717, 1.165) is 22.8 Å². The van der Waals surface area contributed by atoms with Gasteiger partial charge in [-0.2, -0.15) is 0 Å². The summed E-state index contributed by atoms with van der Waals surface area (Å²) in [4.78, 5) is 13.1. The van der Waals surface area contributed by atoms with E-state index in [0.29, 0.717) is 0 Å². The van der Waals surface area contributed by atoms with E-state index in [1.807, 2.05) is 30.3 Å². The summed E-state index contributed by atoms with van der Waals surface area (Å²) in [6, 6.07) is 33.4. The first-order valence-corrected chi connectivity index (χ1v) is 13.1. The lowest BCUT2D eigenvalue weighted by molar-refractivity contribution is 0.0954. The van der Waals surface area contributed by atoms with E-state index in [-0.39, 0.29) is 18.0 Å². The van der Waals surface area contributed by atoms with Crippen LogP contribution in [0.15, 0.2) is 97.1 Å². The molecule has 2 atom stereocenters. The van der Waals surface area contributed by atoms with Crippen LogP contribution in [0.4, 0.5) is 0 Å². The van der Waals surface area contributed by atoms with Crippen LogP contribution < -0.4 is 0 Å². The molecular formula is C33H34O2. The largest absolute Gasteiger partial charge is 0.356 e. The first-order valence-electron chi connectivity index (χ1n) is 13.1. The number of unbranched alkanes of at least 4 members (excludes halogenated alkanes) is 5. The molecule has 1 saturated heterocycles. The first kappa shape index (κ1) is 23.5. The summed E-state index contributed by atoms with van der Waals surface area (Å²) in [6.07, 6.45) is 9.40. The molecule has 0 aromatic heterocycles. The predicted octanol–water partition coefficient (Wildman–Crippen LogP) is 8.29. The van der Waals surface area contributed by atoms with Crippen LogP contribution in [0.1, 0.15) is 71.7 Å². The number of carbonyl (C=O) groups excluding carboxylic acids is 1. The zero-order valence-electron chi connectivity index (χ0n) is 20.4. The van der Waals surface area contributed by atoms with Crippen molar-refractivity contribution < 1.29 is 9.53 Å². The van der Waals surface area contributed by atoms with E-state index in [1.165, 1.54) is 61.6 Å². The van der Waals surface area contributed by atoms with Gasteiger partial charge in [-0.25, -0.2) is 0 Å². The predicted molar refractivity (Wildman–Crippen MR) is 144 cm³/mol. The Hall–Kier alpha value is -3.23. The molecule has 0 N–H and O–H groups in total. The molecular weight excluding hydrogens is 428 g/mol. The number of aryl methyl sites for hydroxylation is 2.